The zero-order chi connectivity index (χ0) is 16.5. The number of aryl methyl sites for hydroxylation is 1. The van der Waals surface area contributed by atoms with E-state index in [1.54, 1.807) is 0 Å². The topological polar surface area (TPSA) is 66.6 Å². The highest BCUT2D eigenvalue weighted by Gasteiger charge is 2.42. The Morgan fingerprint density at radius 3 is 2.27 bits per heavy atom. The monoisotopic (exact) mass is 303 g/mol. The van der Waals surface area contributed by atoms with Gasteiger partial charge in [-0.1, -0.05) is 12.1 Å². The van der Waals surface area contributed by atoms with E-state index in [0.717, 1.165) is 16.7 Å². The van der Waals surface area contributed by atoms with Gasteiger partial charge in [0.25, 0.3) is 5.91 Å². The number of carbonyl (C=O) groups is 2. The van der Waals surface area contributed by atoms with Crippen LogP contribution in [0.25, 0.3) is 0 Å². The Bertz CT molecular complexity index is 588. The molecule has 2 rings (SSSR count). The van der Waals surface area contributed by atoms with E-state index in [2.05, 4.69) is 0 Å². The Morgan fingerprint density at radius 1 is 1.18 bits per heavy atom. The van der Waals surface area contributed by atoms with Gasteiger partial charge in [-0.15, -0.1) is 0 Å². The van der Waals surface area contributed by atoms with E-state index in [-0.39, 0.29) is 11.8 Å². The molecule has 1 aliphatic rings. The van der Waals surface area contributed by atoms with E-state index in [1.165, 1.54) is 0 Å². The summed E-state index contributed by atoms with van der Waals surface area (Å²) in [5, 5.41) is 0. The summed E-state index contributed by atoms with van der Waals surface area (Å²) in [6.45, 7) is 5.08. The van der Waals surface area contributed by atoms with Crippen molar-refractivity contribution in [1.29, 1.82) is 0 Å². The molecule has 0 aliphatic carbocycles. The van der Waals surface area contributed by atoms with Gasteiger partial charge in [-0.05, 0) is 58.0 Å². The first kappa shape index (κ1) is 16.5. The first-order valence-corrected chi connectivity index (χ1v) is 7.62. The molecule has 2 amide bonds. The average Bonchev–Trinajstić information content (AvgIpc) is 2.49. The van der Waals surface area contributed by atoms with Crippen LogP contribution in [0.3, 0.4) is 0 Å². The lowest BCUT2D eigenvalue weighted by molar-refractivity contribution is -0.131. The van der Waals surface area contributed by atoms with Crippen LogP contribution in [0, 0.1) is 13.8 Å². The summed E-state index contributed by atoms with van der Waals surface area (Å²) in [6, 6.07) is 5.78. The fraction of sp³-hybridized carbons (Fsp3) is 0.529. The van der Waals surface area contributed by atoms with Gasteiger partial charge in [0.15, 0.2) is 0 Å². The molecule has 1 saturated heterocycles. The molecule has 0 bridgehead atoms. The zero-order valence-electron chi connectivity index (χ0n) is 13.8. The highest BCUT2D eigenvalue weighted by Crippen LogP contribution is 2.28. The molecule has 1 heterocycles. The fourth-order valence-electron chi connectivity index (χ4n) is 3.15. The molecule has 1 aromatic carbocycles. The van der Waals surface area contributed by atoms with Crippen LogP contribution < -0.4 is 5.73 Å². The summed E-state index contributed by atoms with van der Waals surface area (Å²) in [6.07, 6.45) is 1.15. The number of likely N-dealkylation sites (N-methyl/N-ethyl adjacent to an activating group) is 1. The predicted molar refractivity (Wildman–Crippen MR) is 86.7 cm³/mol. The number of hydrogen-bond acceptors (Lipinski definition) is 3. The third kappa shape index (κ3) is 2.73. The van der Waals surface area contributed by atoms with Crippen LogP contribution >= 0.6 is 0 Å². The summed E-state index contributed by atoms with van der Waals surface area (Å²) < 4.78 is 0. The van der Waals surface area contributed by atoms with Crippen LogP contribution in [0.15, 0.2) is 18.2 Å². The number of nitrogens with two attached hydrogens (primary N) is 1. The standard InChI is InChI=1S/C17H25N3O2/c1-12-6-5-7-14(13(12)2)15(21)20-10-8-17(9-11-20,16(18)22)19(3)4/h5-7H,8-11H2,1-4H3,(H2,18,22). The number of rotatable bonds is 3. The predicted octanol–water partition coefficient (Wildman–Crippen LogP) is 1.33. The van der Waals surface area contributed by atoms with Gasteiger partial charge in [-0.25, -0.2) is 0 Å². The van der Waals surface area contributed by atoms with Gasteiger partial charge in [0, 0.05) is 18.7 Å². The lowest BCUT2D eigenvalue weighted by Crippen LogP contribution is -2.60. The molecule has 0 spiro atoms. The summed E-state index contributed by atoms with van der Waals surface area (Å²) in [5.41, 5.74) is 7.84. The van der Waals surface area contributed by atoms with E-state index in [9.17, 15) is 9.59 Å². The number of likely N-dealkylation sites (tertiary alicyclic amines) is 1. The van der Waals surface area contributed by atoms with Gasteiger partial charge in [-0.2, -0.15) is 0 Å². The zero-order valence-corrected chi connectivity index (χ0v) is 13.8. The van der Waals surface area contributed by atoms with Crippen molar-refractivity contribution in [2.24, 2.45) is 5.73 Å². The van der Waals surface area contributed by atoms with E-state index in [0.29, 0.717) is 25.9 Å². The number of hydrogen-bond donors (Lipinski definition) is 1. The first-order valence-electron chi connectivity index (χ1n) is 7.62. The minimum Gasteiger partial charge on any atom is -0.368 e. The van der Waals surface area contributed by atoms with Crippen LogP contribution in [0.5, 0.6) is 0 Å². The summed E-state index contributed by atoms with van der Waals surface area (Å²) in [7, 11) is 3.74. The molecule has 120 valence electrons. The smallest absolute Gasteiger partial charge is 0.254 e. The van der Waals surface area contributed by atoms with Crippen molar-refractivity contribution in [3.05, 3.63) is 34.9 Å². The van der Waals surface area contributed by atoms with E-state index < -0.39 is 5.54 Å². The number of carbonyl (C=O) groups excluding carboxylic acids is 2. The summed E-state index contributed by atoms with van der Waals surface area (Å²) >= 11 is 0. The Labute approximate surface area is 132 Å². The molecule has 0 radical (unpaired) electrons. The molecule has 1 fully saturated rings. The molecule has 0 unspecified atom stereocenters. The molecular weight excluding hydrogens is 278 g/mol. The fourth-order valence-corrected chi connectivity index (χ4v) is 3.15. The SMILES string of the molecule is Cc1cccc(C(=O)N2CCC(C(N)=O)(N(C)C)CC2)c1C. The first-order chi connectivity index (χ1) is 10.3. The van der Waals surface area contributed by atoms with Gasteiger partial charge in [0.05, 0.1) is 0 Å². The second-order valence-corrected chi connectivity index (χ2v) is 6.33. The van der Waals surface area contributed by atoms with Gasteiger partial charge < -0.3 is 10.6 Å². The highest BCUT2D eigenvalue weighted by molar-refractivity contribution is 5.96. The molecule has 5 heteroatoms. The Hall–Kier alpha value is -1.88. The van der Waals surface area contributed by atoms with Gasteiger partial charge in [0.1, 0.15) is 5.54 Å². The van der Waals surface area contributed by atoms with Crippen LogP contribution in [0.1, 0.15) is 34.3 Å². The Kier molecular flexibility index (Phi) is 4.56. The normalized spacial score (nSPS) is 17.6. The maximum Gasteiger partial charge on any atom is 0.254 e. The van der Waals surface area contributed by atoms with E-state index >= 15 is 0 Å². The number of benzene rings is 1. The van der Waals surface area contributed by atoms with E-state index in [4.69, 9.17) is 5.73 Å². The third-order valence-electron chi connectivity index (χ3n) is 5.03. The minimum atomic E-state index is -0.640. The van der Waals surface area contributed by atoms with Crippen molar-refractivity contribution in [2.75, 3.05) is 27.2 Å². The van der Waals surface area contributed by atoms with Gasteiger partial charge >= 0.3 is 0 Å². The van der Waals surface area contributed by atoms with Crippen molar-refractivity contribution in [3.63, 3.8) is 0 Å². The maximum atomic E-state index is 12.7. The molecule has 1 aliphatic heterocycles. The van der Waals surface area contributed by atoms with Crippen molar-refractivity contribution in [3.8, 4) is 0 Å². The molecule has 5 nitrogen and oxygen atoms in total. The van der Waals surface area contributed by atoms with Crippen molar-refractivity contribution >= 4 is 11.8 Å². The largest absolute Gasteiger partial charge is 0.368 e. The van der Waals surface area contributed by atoms with Gasteiger partial charge in [-0.3, -0.25) is 14.5 Å². The van der Waals surface area contributed by atoms with Crippen LogP contribution in [0.4, 0.5) is 0 Å². The summed E-state index contributed by atoms with van der Waals surface area (Å²) in [4.78, 5) is 28.3. The molecule has 1 aromatic rings. The maximum absolute atomic E-state index is 12.7. The van der Waals surface area contributed by atoms with Crippen molar-refractivity contribution in [2.45, 2.75) is 32.2 Å². The van der Waals surface area contributed by atoms with E-state index in [1.807, 2.05) is 55.9 Å². The molecule has 0 atom stereocenters. The van der Waals surface area contributed by atoms with Crippen LogP contribution in [-0.4, -0.2) is 54.3 Å². The quantitative estimate of drug-likeness (QED) is 0.916. The molecular formula is C17H25N3O2. The second kappa shape index (κ2) is 6.08. The second-order valence-electron chi connectivity index (χ2n) is 6.33. The van der Waals surface area contributed by atoms with Crippen LogP contribution in [0.2, 0.25) is 0 Å². The highest BCUT2D eigenvalue weighted by atomic mass is 16.2. The number of primary amides is 1. The number of amides is 2. The lowest BCUT2D eigenvalue weighted by atomic mass is 9.85. The minimum absolute atomic E-state index is 0.0398. The number of piperidine rings is 1. The van der Waals surface area contributed by atoms with Crippen molar-refractivity contribution < 1.29 is 9.59 Å². The molecule has 0 saturated carbocycles. The summed E-state index contributed by atoms with van der Waals surface area (Å²) in [5.74, 6) is -0.269. The third-order valence-corrected chi connectivity index (χ3v) is 5.03. The lowest BCUT2D eigenvalue weighted by Gasteiger charge is -2.43. The average molecular weight is 303 g/mol. The molecule has 22 heavy (non-hydrogen) atoms. The van der Waals surface area contributed by atoms with Crippen LogP contribution in [-0.2, 0) is 4.79 Å². The Morgan fingerprint density at radius 2 is 1.77 bits per heavy atom. The molecule has 2 N–H and O–H groups in total. The molecule has 0 aromatic heterocycles. The number of nitrogens with zero attached hydrogens (tertiary/aromatic N) is 2. The van der Waals surface area contributed by atoms with Crippen molar-refractivity contribution in [1.82, 2.24) is 9.80 Å². The van der Waals surface area contributed by atoms with Gasteiger partial charge in [0.2, 0.25) is 5.91 Å². The Balaban J connectivity index is 2.16.